The van der Waals surface area contributed by atoms with E-state index in [1.54, 1.807) is 0 Å². The SMILES string of the molecule is CNC(C)c1ccc(N(Cc2cccs2)C(C)C)cc1Br. The average molecular weight is 367 g/mol. The Balaban J connectivity index is 2.26. The molecule has 2 nitrogen and oxygen atoms in total. The van der Waals surface area contributed by atoms with Gasteiger partial charge in [-0.1, -0.05) is 28.1 Å². The minimum atomic E-state index is 0.346. The zero-order valence-electron chi connectivity index (χ0n) is 13.1. The predicted octanol–water partition coefficient (Wildman–Crippen LogP) is 5.21. The molecular formula is C17H23BrN2S. The Morgan fingerprint density at radius 1 is 1.24 bits per heavy atom. The van der Waals surface area contributed by atoms with E-state index >= 15 is 0 Å². The number of thiophene rings is 1. The fourth-order valence-corrected chi connectivity index (χ4v) is 3.76. The number of nitrogens with one attached hydrogen (secondary N) is 1. The van der Waals surface area contributed by atoms with Gasteiger partial charge in [-0.3, -0.25) is 0 Å². The van der Waals surface area contributed by atoms with Crippen molar-refractivity contribution in [1.82, 2.24) is 5.32 Å². The summed E-state index contributed by atoms with van der Waals surface area (Å²) >= 11 is 5.54. The van der Waals surface area contributed by atoms with Gasteiger partial charge in [0.1, 0.15) is 0 Å². The highest BCUT2D eigenvalue weighted by Crippen LogP contribution is 2.30. The molecule has 0 fully saturated rings. The van der Waals surface area contributed by atoms with E-state index in [4.69, 9.17) is 0 Å². The van der Waals surface area contributed by atoms with Gasteiger partial charge in [-0.2, -0.15) is 0 Å². The second-order valence-electron chi connectivity index (χ2n) is 5.52. The average Bonchev–Trinajstić information content (AvgIpc) is 2.96. The molecule has 21 heavy (non-hydrogen) atoms. The maximum atomic E-state index is 3.72. The molecule has 114 valence electrons. The maximum absolute atomic E-state index is 3.72. The Labute approximate surface area is 140 Å². The number of benzene rings is 1. The first-order chi connectivity index (χ1) is 10.0. The van der Waals surface area contributed by atoms with Crippen LogP contribution in [0, 0.1) is 0 Å². The highest BCUT2D eigenvalue weighted by molar-refractivity contribution is 9.10. The number of anilines is 1. The maximum Gasteiger partial charge on any atom is 0.0525 e. The van der Waals surface area contributed by atoms with Gasteiger partial charge in [-0.15, -0.1) is 11.3 Å². The molecule has 0 bridgehead atoms. The molecule has 0 saturated heterocycles. The molecule has 0 aliphatic rings. The van der Waals surface area contributed by atoms with Crippen molar-refractivity contribution in [1.29, 1.82) is 0 Å². The second kappa shape index (κ2) is 7.43. The quantitative estimate of drug-likeness (QED) is 0.754. The lowest BCUT2D eigenvalue weighted by Gasteiger charge is -2.29. The normalized spacial score (nSPS) is 12.7. The molecule has 0 saturated carbocycles. The van der Waals surface area contributed by atoms with E-state index in [1.807, 2.05) is 18.4 Å². The van der Waals surface area contributed by atoms with Gasteiger partial charge in [0.15, 0.2) is 0 Å². The molecule has 2 rings (SSSR count). The summed E-state index contributed by atoms with van der Waals surface area (Å²) < 4.78 is 1.17. The lowest BCUT2D eigenvalue weighted by molar-refractivity contribution is 0.648. The van der Waals surface area contributed by atoms with E-state index in [-0.39, 0.29) is 0 Å². The molecule has 1 aromatic carbocycles. The Morgan fingerprint density at radius 3 is 2.52 bits per heavy atom. The summed E-state index contributed by atoms with van der Waals surface area (Å²) in [4.78, 5) is 3.83. The first-order valence-corrected chi connectivity index (χ1v) is 8.96. The van der Waals surface area contributed by atoms with E-state index in [9.17, 15) is 0 Å². The van der Waals surface area contributed by atoms with Gasteiger partial charge in [0, 0.05) is 27.1 Å². The van der Waals surface area contributed by atoms with Gasteiger partial charge in [0.05, 0.1) is 6.54 Å². The predicted molar refractivity (Wildman–Crippen MR) is 97.3 cm³/mol. The third-order valence-corrected chi connectivity index (χ3v) is 5.29. The van der Waals surface area contributed by atoms with Crippen molar-refractivity contribution in [2.45, 2.75) is 39.4 Å². The Morgan fingerprint density at radius 2 is 2.00 bits per heavy atom. The van der Waals surface area contributed by atoms with Crippen LogP contribution in [0.1, 0.15) is 37.3 Å². The Bertz CT molecular complexity index is 566. The minimum absolute atomic E-state index is 0.346. The molecule has 2 aromatic rings. The number of hydrogen-bond donors (Lipinski definition) is 1. The molecule has 0 amide bonds. The second-order valence-corrected chi connectivity index (χ2v) is 7.40. The standard InChI is InChI=1S/C17H23BrN2S/c1-12(2)20(11-15-6-5-9-21-15)14-7-8-16(13(3)19-4)17(18)10-14/h5-10,12-13,19H,11H2,1-4H3. The number of hydrogen-bond acceptors (Lipinski definition) is 3. The monoisotopic (exact) mass is 366 g/mol. The largest absolute Gasteiger partial charge is 0.364 e. The molecule has 1 aromatic heterocycles. The summed E-state index contributed by atoms with van der Waals surface area (Å²) in [7, 11) is 1.99. The topological polar surface area (TPSA) is 15.3 Å². The van der Waals surface area contributed by atoms with E-state index in [2.05, 4.69) is 82.6 Å². The van der Waals surface area contributed by atoms with E-state index in [0.29, 0.717) is 12.1 Å². The van der Waals surface area contributed by atoms with Crippen LogP contribution in [0.25, 0.3) is 0 Å². The van der Waals surface area contributed by atoms with Crippen molar-refractivity contribution in [3.8, 4) is 0 Å². The van der Waals surface area contributed by atoms with Crippen LogP contribution >= 0.6 is 27.3 Å². The van der Waals surface area contributed by atoms with Gasteiger partial charge < -0.3 is 10.2 Å². The molecular weight excluding hydrogens is 344 g/mol. The molecule has 1 heterocycles. The van der Waals surface area contributed by atoms with Crippen LogP contribution in [-0.4, -0.2) is 13.1 Å². The Hall–Kier alpha value is -0.840. The molecule has 1 N–H and O–H groups in total. The van der Waals surface area contributed by atoms with Gasteiger partial charge in [0.2, 0.25) is 0 Å². The third kappa shape index (κ3) is 4.09. The summed E-state index contributed by atoms with van der Waals surface area (Å²) in [5, 5.41) is 5.43. The van der Waals surface area contributed by atoms with Crippen LogP contribution < -0.4 is 10.2 Å². The van der Waals surface area contributed by atoms with Crippen LogP contribution in [0.4, 0.5) is 5.69 Å². The third-order valence-electron chi connectivity index (χ3n) is 3.74. The van der Waals surface area contributed by atoms with Crippen LogP contribution in [0.5, 0.6) is 0 Å². The molecule has 1 unspecified atom stereocenters. The van der Waals surface area contributed by atoms with Crippen molar-refractivity contribution in [2.75, 3.05) is 11.9 Å². The van der Waals surface area contributed by atoms with E-state index in [1.165, 1.54) is 20.6 Å². The summed E-state index contributed by atoms with van der Waals surface area (Å²) in [6, 6.07) is 11.8. The first-order valence-electron chi connectivity index (χ1n) is 7.28. The summed E-state index contributed by atoms with van der Waals surface area (Å²) in [6.45, 7) is 7.62. The van der Waals surface area contributed by atoms with Crippen molar-refractivity contribution < 1.29 is 0 Å². The van der Waals surface area contributed by atoms with E-state index < -0.39 is 0 Å². The van der Waals surface area contributed by atoms with Crippen molar-refractivity contribution in [3.05, 3.63) is 50.6 Å². The van der Waals surface area contributed by atoms with Gasteiger partial charge in [-0.05, 0) is 57.0 Å². The smallest absolute Gasteiger partial charge is 0.0525 e. The number of halogens is 1. The summed E-state index contributed by atoms with van der Waals surface area (Å²) in [5.74, 6) is 0. The fraction of sp³-hybridized carbons (Fsp3) is 0.412. The van der Waals surface area contributed by atoms with Crippen LogP contribution in [-0.2, 0) is 6.54 Å². The van der Waals surface area contributed by atoms with Crippen LogP contribution in [0.15, 0.2) is 40.2 Å². The van der Waals surface area contributed by atoms with Crippen LogP contribution in [0.3, 0.4) is 0 Å². The van der Waals surface area contributed by atoms with Gasteiger partial charge in [0.25, 0.3) is 0 Å². The van der Waals surface area contributed by atoms with Crippen molar-refractivity contribution >= 4 is 33.0 Å². The zero-order valence-corrected chi connectivity index (χ0v) is 15.5. The minimum Gasteiger partial charge on any atom is -0.364 e. The molecule has 0 spiro atoms. The lowest BCUT2D eigenvalue weighted by atomic mass is 10.1. The number of rotatable bonds is 6. The van der Waals surface area contributed by atoms with Crippen molar-refractivity contribution in [3.63, 3.8) is 0 Å². The molecule has 0 radical (unpaired) electrons. The molecule has 4 heteroatoms. The van der Waals surface area contributed by atoms with Crippen LogP contribution in [0.2, 0.25) is 0 Å². The highest BCUT2D eigenvalue weighted by Gasteiger charge is 2.15. The van der Waals surface area contributed by atoms with Crippen molar-refractivity contribution in [2.24, 2.45) is 0 Å². The van der Waals surface area contributed by atoms with Gasteiger partial charge in [-0.25, -0.2) is 0 Å². The fourth-order valence-electron chi connectivity index (χ4n) is 2.34. The lowest BCUT2D eigenvalue weighted by Crippen LogP contribution is -2.29. The Kier molecular flexibility index (Phi) is 5.85. The molecule has 0 aliphatic heterocycles. The highest BCUT2D eigenvalue weighted by atomic mass is 79.9. The summed E-state index contributed by atoms with van der Waals surface area (Å²) in [6.07, 6.45) is 0. The first kappa shape index (κ1) is 16.5. The van der Waals surface area contributed by atoms with E-state index in [0.717, 1.165) is 6.54 Å². The summed E-state index contributed by atoms with van der Waals surface area (Å²) in [5.41, 5.74) is 2.55. The van der Waals surface area contributed by atoms with Gasteiger partial charge >= 0.3 is 0 Å². The zero-order chi connectivity index (χ0) is 15.4. The molecule has 0 aliphatic carbocycles. The number of nitrogens with zero attached hydrogens (tertiary/aromatic N) is 1. The molecule has 1 atom stereocenters.